The van der Waals surface area contributed by atoms with Crippen LogP contribution in [0.25, 0.3) is 10.8 Å². The highest BCUT2D eigenvalue weighted by Gasteiger charge is 2.33. The Bertz CT molecular complexity index is 574. The molecule has 94 valence electrons. The maximum Gasteiger partial charge on any atom is 0.131 e. The van der Waals surface area contributed by atoms with Crippen molar-refractivity contribution in [3.63, 3.8) is 0 Å². The normalized spacial score (nSPS) is 18.8. The summed E-state index contributed by atoms with van der Waals surface area (Å²) in [5.41, 5.74) is 1.06. The minimum Gasteiger partial charge on any atom is -0.206 e. The molecule has 2 aromatic carbocycles. The highest BCUT2D eigenvalue weighted by atomic mass is 35.5. The largest absolute Gasteiger partial charge is 0.206 e. The van der Waals surface area contributed by atoms with Gasteiger partial charge < -0.3 is 0 Å². The number of hydrogen-bond donors (Lipinski definition) is 0. The molecule has 3 rings (SSSR count). The van der Waals surface area contributed by atoms with E-state index in [0.717, 1.165) is 16.9 Å². The predicted octanol–water partition coefficient (Wildman–Crippen LogP) is 5.30. The zero-order valence-electron chi connectivity index (χ0n) is 10.4. The Morgan fingerprint density at radius 1 is 1.11 bits per heavy atom. The third-order valence-corrected chi connectivity index (χ3v) is 4.66. The third-order valence-electron chi connectivity index (χ3n) is 4.03. The third kappa shape index (κ3) is 2.01. The minimum atomic E-state index is -0.169. The molecule has 0 bridgehead atoms. The van der Waals surface area contributed by atoms with Crippen molar-refractivity contribution in [2.24, 2.45) is 11.8 Å². The molecule has 0 heterocycles. The van der Waals surface area contributed by atoms with E-state index in [9.17, 15) is 4.39 Å². The Morgan fingerprint density at radius 2 is 1.78 bits per heavy atom. The molecule has 0 N–H and O–H groups in total. The lowest BCUT2D eigenvalue weighted by atomic mass is 9.92. The first-order chi connectivity index (χ1) is 8.68. The summed E-state index contributed by atoms with van der Waals surface area (Å²) in [5.74, 6) is 1.04. The van der Waals surface area contributed by atoms with Gasteiger partial charge in [0.2, 0.25) is 0 Å². The molecule has 1 aliphatic carbocycles. The van der Waals surface area contributed by atoms with Gasteiger partial charge in [0, 0.05) is 5.39 Å². The fraction of sp³-hybridized carbons (Fsp3) is 0.375. The Hall–Kier alpha value is -1.08. The summed E-state index contributed by atoms with van der Waals surface area (Å²) in [5, 5.41) is 1.59. The summed E-state index contributed by atoms with van der Waals surface area (Å²) >= 11 is 6.60. The summed E-state index contributed by atoms with van der Waals surface area (Å²) in [6, 6.07) is 11.0. The van der Waals surface area contributed by atoms with E-state index in [-0.39, 0.29) is 11.2 Å². The number of hydrogen-bond acceptors (Lipinski definition) is 0. The second kappa shape index (κ2) is 4.55. The van der Waals surface area contributed by atoms with Crippen LogP contribution in [0.15, 0.2) is 36.4 Å². The van der Waals surface area contributed by atoms with Gasteiger partial charge in [-0.2, -0.15) is 0 Å². The predicted molar refractivity (Wildman–Crippen MR) is 74.4 cm³/mol. The van der Waals surface area contributed by atoms with Crippen LogP contribution in [0, 0.1) is 17.7 Å². The molecule has 2 atom stereocenters. The van der Waals surface area contributed by atoms with Crippen molar-refractivity contribution in [2.75, 3.05) is 0 Å². The van der Waals surface area contributed by atoms with Gasteiger partial charge in [-0.3, -0.25) is 0 Å². The van der Waals surface area contributed by atoms with Crippen molar-refractivity contribution in [3.05, 3.63) is 47.8 Å². The van der Waals surface area contributed by atoms with Gasteiger partial charge in [0.1, 0.15) is 5.82 Å². The van der Waals surface area contributed by atoms with Gasteiger partial charge in [-0.15, -0.1) is 11.6 Å². The van der Waals surface area contributed by atoms with E-state index in [1.165, 1.54) is 18.9 Å². The van der Waals surface area contributed by atoms with Gasteiger partial charge >= 0.3 is 0 Å². The molecule has 0 saturated heterocycles. The Kier molecular flexibility index (Phi) is 3.03. The van der Waals surface area contributed by atoms with Crippen molar-refractivity contribution in [1.82, 2.24) is 0 Å². The molecule has 0 aromatic heterocycles. The first kappa shape index (κ1) is 12.0. The molecule has 1 saturated carbocycles. The van der Waals surface area contributed by atoms with Crippen LogP contribution in [0.1, 0.15) is 30.7 Å². The van der Waals surface area contributed by atoms with Crippen LogP contribution in [0.5, 0.6) is 0 Å². The van der Waals surface area contributed by atoms with E-state index in [4.69, 9.17) is 11.6 Å². The Labute approximate surface area is 112 Å². The van der Waals surface area contributed by atoms with E-state index >= 15 is 0 Å². The molecule has 0 radical (unpaired) electrons. The molecule has 1 aliphatic rings. The van der Waals surface area contributed by atoms with Crippen LogP contribution in [-0.2, 0) is 0 Å². The molecule has 0 aliphatic heterocycles. The lowest BCUT2D eigenvalue weighted by Gasteiger charge is -2.19. The highest BCUT2D eigenvalue weighted by molar-refractivity contribution is 6.22. The molecule has 0 spiro atoms. The molecule has 18 heavy (non-hydrogen) atoms. The van der Waals surface area contributed by atoms with Crippen LogP contribution < -0.4 is 0 Å². The van der Waals surface area contributed by atoms with Crippen molar-refractivity contribution in [1.29, 1.82) is 0 Å². The standard InChI is InChI=1S/C16H16ClF/c1-10(11-6-7-11)16(17)14-8-9-15(18)13-5-3-2-4-12(13)14/h2-5,8-11,16H,6-7H2,1H3. The van der Waals surface area contributed by atoms with Gasteiger partial charge in [0.25, 0.3) is 0 Å². The number of rotatable bonds is 3. The molecule has 1 fully saturated rings. The van der Waals surface area contributed by atoms with Gasteiger partial charge in [0.05, 0.1) is 5.38 Å². The Balaban J connectivity index is 2.08. The molecular formula is C16H16ClF. The van der Waals surface area contributed by atoms with Crippen molar-refractivity contribution in [2.45, 2.75) is 25.1 Å². The second-order valence-corrected chi connectivity index (χ2v) is 5.75. The average Bonchev–Trinajstić information content (AvgIpc) is 3.22. The van der Waals surface area contributed by atoms with Gasteiger partial charge in [-0.05, 0) is 41.7 Å². The number of halogens is 2. The minimum absolute atomic E-state index is 0.0250. The summed E-state index contributed by atoms with van der Waals surface area (Å²) in [4.78, 5) is 0. The van der Waals surface area contributed by atoms with Crippen molar-refractivity contribution >= 4 is 22.4 Å². The maximum absolute atomic E-state index is 13.8. The van der Waals surface area contributed by atoms with Crippen LogP contribution >= 0.6 is 11.6 Å². The van der Waals surface area contributed by atoms with E-state index in [2.05, 4.69) is 6.92 Å². The van der Waals surface area contributed by atoms with E-state index in [1.807, 2.05) is 30.3 Å². The summed E-state index contributed by atoms with van der Waals surface area (Å²) < 4.78 is 13.8. The lowest BCUT2D eigenvalue weighted by Crippen LogP contribution is -2.07. The zero-order chi connectivity index (χ0) is 12.7. The molecule has 2 aromatic rings. The molecule has 0 nitrogen and oxygen atoms in total. The van der Waals surface area contributed by atoms with Crippen molar-refractivity contribution in [3.8, 4) is 0 Å². The highest BCUT2D eigenvalue weighted by Crippen LogP contribution is 2.46. The maximum atomic E-state index is 13.8. The summed E-state index contributed by atoms with van der Waals surface area (Å²) in [6.07, 6.45) is 2.56. The number of alkyl halides is 1. The first-order valence-electron chi connectivity index (χ1n) is 6.49. The first-order valence-corrected chi connectivity index (χ1v) is 6.93. The number of benzene rings is 2. The number of fused-ring (bicyclic) bond motifs is 1. The smallest absolute Gasteiger partial charge is 0.131 e. The molecule has 2 unspecified atom stereocenters. The van der Waals surface area contributed by atoms with E-state index in [1.54, 1.807) is 0 Å². The Morgan fingerprint density at radius 3 is 2.44 bits per heavy atom. The van der Waals surface area contributed by atoms with Gasteiger partial charge in [0.15, 0.2) is 0 Å². The van der Waals surface area contributed by atoms with Crippen LogP contribution in [-0.4, -0.2) is 0 Å². The molecule has 2 heteroatoms. The van der Waals surface area contributed by atoms with E-state index in [0.29, 0.717) is 11.3 Å². The fourth-order valence-electron chi connectivity index (χ4n) is 2.67. The lowest BCUT2D eigenvalue weighted by molar-refractivity contribution is 0.493. The van der Waals surface area contributed by atoms with Crippen LogP contribution in [0.3, 0.4) is 0 Å². The average molecular weight is 263 g/mol. The summed E-state index contributed by atoms with van der Waals surface area (Å²) in [7, 11) is 0. The molecule has 0 amide bonds. The quantitative estimate of drug-likeness (QED) is 0.658. The monoisotopic (exact) mass is 262 g/mol. The SMILES string of the molecule is CC(C1CC1)C(Cl)c1ccc(F)c2ccccc12. The van der Waals surface area contributed by atoms with Gasteiger partial charge in [-0.25, -0.2) is 4.39 Å². The van der Waals surface area contributed by atoms with Crippen LogP contribution in [0.2, 0.25) is 0 Å². The summed E-state index contributed by atoms with van der Waals surface area (Å²) in [6.45, 7) is 2.20. The van der Waals surface area contributed by atoms with Gasteiger partial charge in [-0.1, -0.05) is 37.3 Å². The van der Waals surface area contributed by atoms with Crippen LogP contribution in [0.4, 0.5) is 4.39 Å². The second-order valence-electron chi connectivity index (χ2n) is 5.28. The molecular weight excluding hydrogens is 247 g/mol. The zero-order valence-corrected chi connectivity index (χ0v) is 11.1. The van der Waals surface area contributed by atoms with Crippen molar-refractivity contribution < 1.29 is 4.39 Å². The topological polar surface area (TPSA) is 0 Å². The van der Waals surface area contributed by atoms with E-state index < -0.39 is 0 Å². The fourth-order valence-corrected chi connectivity index (χ4v) is 3.07.